The van der Waals surface area contributed by atoms with Crippen molar-refractivity contribution in [2.75, 3.05) is 7.11 Å². The van der Waals surface area contributed by atoms with Crippen LogP contribution in [0.4, 0.5) is 0 Å². The van der Waals surface area contributed by atoms with E-state index in [2.05, 4.69) is 6.07 Å². The second-order valence-corrected chi connectivity index (χ2v) is 8.85. The van der Waals surface area contributed by atoms with Gasteiger partial charge in [-0.05, 0) is 73.7 Å². The maximum absolute atomic E-state index is 13.6. The van der Waals surface area contributed by atoms with Crippen molar-refractivity contribution in [3.63, 3.8) is 0 Å². The zero-order valence-electron chi connectivity index (χ0n) is 19.4. The molecular formula is C29H27NO4. The van der Waals surface area contributed by atoms with Crippen LogP contribution in [-0.4, -0.2) is 23.6 Å². The molecule has 1 heterocycles. The Kier molecular flexibility index (Phi) is 5.93. The van der Waals surface area contributed by atoms with E-state index in [0.29, 0.717) is 30.6 Å². The molecule has 0 N–H and O–H groups in total. The molecule has 1 unspecified atom stereocenters. The number of esters is 1. The minimum absolute atomic E-state index is 0.0668. The van der Waals surface area contributed by atoms with Gasteiger partial charge >= 0.3 is 5.97 Å². The quantitative estimate of drug-likeness (QED) is 0.375. The summed E-state index contributed by atoms with van der Waals surface area (Å²) in [5.41, 5.74) is 5.66. The van der Waals surface area contributed by atoms with Gasteiger partial charge in [0.05, 0.1) is 18.5 Å². The van der Waals surface area contributed by atoms with Crippen LogP contribution < -0.4 is 4.74 Å². The van der Waals surface area contributed by atoms with Crippen LogP contribution in [0.1, 0.15) is 39.2 Å². The van der Waals surface area contributed by atoms with Gasteiger partial charge in [0.1, 0.15) is 12.4 Å². The number of benzene rings is 3. The van der Waals surface area contributed by atoms with Gasteiger partial charge in [-0.25, -0.2) is 0 Å². The fraction of sp³-hybridized carbons (Fsp3) is 0.241. The molecule has 0 amide bonds. The third-order valence-electron chi connectivity index (χ3n) is 6.61. The first-order valence-corrected chi connectivity index (χ1v) is 11.6. The van der Waals surface area contributed by atoms with Crippen molar-refractivity contribution in [1.29, 1.82) is 0 Å². The minimum atomic E-state index is -0.216. The number of rotatable bonds is 5. The largest absolute Gasteiger partial charge is 0.497 e. The molecule has 1 aromatic heterocycles. The van der Waals surface area contributed by atoms with E-state index in [9.17, 15) is 9.59 Å². The van der Waals surface area contributed by atoms with Crippen molar-refractivity contribution in [2.24, 2.45) is 5.92 Å². The van der Waals surface area contributed by atoms with E-state index < -0.39 is 0 Å². The summed E-state index contributed by atoms with van der Waals surface area (Å²) in [7, 11) is 1.61. The molecule has 4 aromatic rings. The minimum Gasteiger partial charge on any atom is -0.497 e. The fourth-order valence-corrected chi connectivity index (χ4v) is 4.81. The lowest BCUT2D eigenvalue weighted by Crippen LogP contribution is -2.26. The lowest BCUT2D eigenvalue weighted by Gasteiger charge is -2.22. The number of hydrogen-bond donors (Lipinski definition) is 0. The summed E-state index contributed by atoms with van der Waals surface area (Å²) in [5, 5.41) is 1.04. The van der Waals surface area contributed by atoms with Gasteiger partial charge in [-0.2, -0.15) is 0 Å². The number of nitrogens with zero attached hydrogens (tertiary/aromatic N) is 1. The summed E-state index contributed by atoms with van der Waals surface area (Å²) in [6.45, 7) is 2.32. The highest BCUT2D eigenvalue weighted by Gasteiger charge is 2.32. The second-order valence-electron chi connectivity index (χ2n) is 8.85. The molecule has 1 aliphatic rings. The monoisotopic (exact) mass is 453 g/mol. The van der Waals surface area contributed by atoms with Crippen LogP contribution in [0, 0.1) is 12.8 Å². The molecule has 0 fully saturated rings. The van der Waals surface area contributed by atoms with E-state index in [4.69, 9.17) is 9.47 Å². The van der Waals surface area contributed by atoms with Gasteiger partial charge in [0.15, 0.2) is 0 Å². The lowest BCUT2D eigenvalue weighted by atomic mass is 9.86. The summed E-state index contributed by atoms with van der Waals surface area (Å²) < 4.78 is 12.7. The zero-order valence-corrected chi connectivity index (χ0v) is 19.4. The molecule has 0 radical (unpaired) electrons. The first-order valence-electron chi connectivity index (χ1n) is 11.6. The van der Waals surface area contributed by atoms with Gasteiger partial charge in [0.2, 0.25) is 0 Å². The lowest BCUT2D eigenvalue weighted by molar-refractivity contribution is -0.150. The molecular weight excluding hydrogens is 426 g/mol. The average Bonchev–Trinajstić information content (AvgIpc) is 3.20. The Hall–Kier alpha value is -3.86. The van der Waals surface area contributed by atoms with E-state index in [1.807, 2.05) is 54.0 Å². The van der Waals surface area contributed by atoms with Crippen LogP contribution in [0.25, 0.3) is 10.9 Å². The molecule has 1 aliphatic carbocycles. The number of fused-ring (bicyclic) bond motifs is 3. The van der Waals surface area contributed by atoms with Crippen molar-refractivity contribution in [3.05, 3.63) is 101 Å². The number of aromatic nitrogens is 1. The highest BCUT2D eigenvalue weighted by atomic mass is 16.5. The molecule has 5 heteroatoms. The number of aryl methyl sites for hydroxylation is 1. The van der Waals surface area contributed by atoms with Crippen molar-refractivity contribution < 1.29 is 19.1 Å². The van der Waals surface area contributed by atoms with Crippen molar-refractivity contribution in [1.82, 2.24) is 4.57 Å². The van der Waals surface area contributed by atoms with Crippen molar-refractivity contribution >= 4 is 22.8 Å². The number of carbonyl (C=O) groups is 2. The highest BCUT2D eigenvalue weighted by Crippen LogP contribution is 2.36. The van der Waals surface area contributed by atoms with E-state index in [1.165, 1.54) is 0 Å². The van der Waals surface area contributed by atoms with Gasteiger partial charge in [-0.3, -0.25) is 14.2 Å². The van der Waals surface area contributed by atoms with E-state index in [0.717, 1.165) is 33.3 Å². The molecule has 172 valence electrons. The van der Waals surface area contributed by atoms with Crippen molar-refractivity contribution in [2.45, 2.75) is 32.8 Å². The van der Waals surface area contributed by atoms with Crippen LogP contribution in [0.5, 0.6) is 5.75 Å². The molecule has 0 saturated carbocycles. The van der Waals surface area contributed by atoms with E-state index >= 15 is 0 Å². The Balaban J connectivity index is 1.46. The number of carbonyl (C=O) groups excluding carboxylic acids is 2. The fourth-order valence-electron chi connectivity index (χ4n) is 4.81. The maximum Gasteiger partial charge on any atom is 0.309 e. The third kappa shape index (κ3) is 4.10. The Morgan fingerprint density at radius 1 is 1.00 bits per heavy atom. The van der Waals surface area contributed by atoms with Crippen LogP contribution in [0.3, 0.4) is 0 Å². The summed E-state index contributed by atoms with van der Waals surface area (Å²) in [5.74, 6) is 0.252. The first-order chi connectivity index (χ1) is 16.5. The van der Waals surface area contributed by atoms with Gasteiger partial charge in [0, 0.05) is 16.6 Å². The summed E-state index contributed by atoms with van der Waals surface area (Å²) >= 11 is 0. The molecule has 0 saturated heterocycles. The molecule has 0 spiro atoms. The van der Waals surface area contributed by atoms with Crippen LogP contribution in [0.15, 0.2) is 72.8 Å². The zero-order chi connectivity index (χ0) is 23.7. The Labute approximate surface area is 198 Å². The second kappa shape index (κ2) is 9.18. The predicted molar refractivity (Wildman–Crippen MR) is 131 cm³/mol. The standard InChI is InChI=1S/C29H27NO4/c1-19-8-14-26-24(16-19)25-17-22(29(32)34-18-20-6-4-3-5-7-20)11-15-27(25)30(26)28(31)21-9-12-23(33-2)13-10-21/h3-10,12-14,16,22H,11,15,17-18H2,1-2H3. The maximum atomic E-state index is 13.6. The Bertz CT molecular complexity index is 1350. The van der Waals surface area contributed by atoms with Gasteiger partial charge in [-0.15, -0.1) is 0 Å². The molecule has 5 rings (SSSR count). The van der Waals surface area contributed by atoms with E-state index in [1.54, 1.807) is 31.4 Å². The normalized spacial score (nSPS) is 15.1. The van der Waals surface area contributed by atoms with Crippen molar-refractivity contribution in [3.8, 4) is 5.75 Å². The first kappa shape index (κ1) is 22.0. The Morgan fingerprint density at radius 2 is 1.76 bits per heavy atom. The van der Waals surface area contributed by atoms with Gasteiger partial charge in [0.25, 0.3) is 5.91 Å². The highest BCUT2D eigenvalue weighted by molar-refractivity contribution is 6.04. The average molecular weight is 454 g/mol. The number of methoxy groups -OCH3 is 1. The molecule has 0 bridgehead atoms. The molecule has 0 aliphatic heterocycles. The topological polar surface area (TPSA) is 57.5 Å². The van der Waals surface area contributed by atoms with Gasteiger partial charge in [-0.1, -0.05) is 42.0 Å². The third-order valence-corrected chi connectivity index (χ3v) is 6.61. The van der Waals surface area contributed by atoms with Crippen LogP contribution in [-0.2, 0) is 29.0 Å². The number of ether oxygens (including phenoxy) is 2. The smallest absolute Gasteiger partial charge is 0.309 e. The van der Waals surface area contributed by atoms with Gasteiger partial charge < -0.3 is 9.47 Å². The van der Waals surface area contributed by atoms with Crippen LogP contribution in [0.2, 0.25) is 0 Å². The van der Waals surface area contributed by atoms with E-state index in [-0.39, 0.29) is 24.4 Å². The Morgan fingerprint density at radius 3 is 2.50 bits per heavy atom. The predicted octanol–water partition coefficient (Wildman–Crippen LogP) is 5.50. The molecule has 3 aromatic carbocycles. The summed E-state index contributed by atoms with van der Waals surface area (Å²) in [6.07, 6.45) is 1.88. The van der Waals surface area contributed by atoms with Crippen LogP contribution >= 0.6 is 0 Å². The molecule has 5 nitrogen and oxygen atoms in total. The molecule has 34 heavy (non-hydrogen) atoms. The summed E-state index contributed by atoms with van der Waals surface area (Å²) in [4.78, 5) is 26.5. The SMILES string of the molecule is COc1ccc(C(=O)n2c3c(c4cc(C)ccc42)CC(C(=O)OCc2ccccc2)CC3)cc1. The summed E-state index contributed by atoms with van der Waals surface area (Å²) in [6, 6.07) is 23.1. The number of hydrogen-bond acceptors (Lipinski definition) is 4. The molecule has 1 atom stereocenters.